The van der Waals surface area contributed by atoms with Gasteiger partial charge in [0.2, 0.25) is 11.8 Å². The van der Waals surface area contributed by atoms with Crippen molar-refractivity contribution in [1.82, 2.24) is 4.90 Å². The highest BCUT2D eigenvalue weighted by atomic mass is 16.4. The molecule has 0 fully saturated rings. The molecule has 0 spiro atoms. The van der Waals surface area contributed by atoms with E-state index in [-0.39, 0.29) is 37.0 Å². The lowest BCUT2D eigenvalue weighted by Crippen LogP contribution is -2.44. The summed E-state index contributed by atoms with van der Waals surface area (Å²) in [6.45, 7) is 3.86. The maximum absolute atomic E-state index is 13.0. The van der Waals surface area contributed by atoms with Crippen LogP contribution in [0.2, 0.25) is 0 Å². The van der Waals surface area contributed by atoms with Gasteiger partial charge in [-0.1, -0.05) is 73.7 Å². The van der Waals surface area contributed by atoms with Crippen molar-refractivity contribution >= 4 is 35.0 Å². The van der Waals surface area contributed by atoms with Crippen LogP contribution in [-0.4, -0.2) is 47.0 Å². The van der Waals surface area contributed by atoms with Crippen molar-refractivity contribution in [2.24, 2.45) is 0 Å². The van der Waals surface area contributed by atoms with Crippen molar-refractivity contribution in [2.75, 3.05) is 28.6 Å². The van der Waals surface area contributed by atoms with E-state index >= 15 is 0 Å². The SMILES string of the molecule is CCC(=O)N1c2ccccc2[C@H](Nc2ccc(NC(=O)CN(CC3c4ccccc4-c4ccccc43)C(=O)O)cc2)C[C@@H]1C. The summed E-state index contributed by atoms with van der Waals surface area (Å²) in [4.78, 5) is 41.0. The van der Waals surface area contributed by atoms with E-state index < -0.39 is 12.0 Å². The average Bonchev–Trinajstić information content (AvgIpc) is 3.34. The first kappa shape index (κ1) is 29.0. The van der Waals surface area contributed by atoms with Gasteiger partial charge in [0.25, 0.3) is 0 Å². The zero-order chi connectivity index (χ0) is 30.8. The standard InChI is InChI=1S/C36H36N4O4/c1-3-35(42)40-23(2)20-32(30-14-8-9-15-33(30)40)37-24-16-18-25(19-17-24)38-34(41)22-39(36(43)44)21-31-28-12-6-4-10-26(28)27-11-5-7-13-29(27)31/h4-19,23,31-32,37H,3,20-22H2,1-2H3,(H,38,41)(H,43,44)/t23-,32+/m0/s1. The van der Waals surface area contributed by atoms with Crippen molar-refractivity contribution < 1.29 is 19.5 Å². The molecule has 3 amide bonds. The van der Waals surface area contributed by atoms with Crippen molar-refractivity contribution in [3.05, 3.63) is 114 Å². The smallest absolute Gasteiger partial charge is 0.407 e. The Morgan fingerprint density at radius 2 is 1.39 bits per heavy atom. The van der Waals surface area contributed by atoms with E-state index in [1.165, 1.54) is 4.90 Å². The van der Waals surface area contributed by atoms with E-state index in [1.54, 1.807) is 12.1 Å². The van der Waals surface area contributed by atoms with Gasteiger partial charge in [-0.25, -0.2) is 4.79 Å². The number of nitrogens with zero attached hydrogens (tertiary/aromatic N) is 2. The predicted molar refractivity (Wildman–Crippen MR) is 173 cm³/mol. The first-order valence-corrected chi connectivity index (χ1v) is 15.1. The Morgan fingerprint density at radius 3 is 2.00 bits per heavy atom. The molecule has 6 rings (SSSR count). The van der Waals surface area contributed by atoms with Crippen molar-refractivity contribution in [3.63, 3.8) is 0 Å². The molecule has 8 nitrogen and oxygen atoms in total. The van der Waals surface area contributed by atoms with Gasteiger partial charge in [-0.3, -0.25) is 14.5 Å². The second-order valence-electron chi connectivity index (χ2n) is 11.5. The number of nitrogens with one attached hydrogen (secondary N) is 2. The van der Waals surface area contributed by atoms with E-state index in [0.717, 1.165) is 45.6 Å². The van der Waals surface area contributed by atoms with Crippen LogP contribution in [-0.2, 0) is 9.59 Å². The minimum absolute atomic E-state index is 0.0255. The summed E-state index contributed by atoms with van der Waals surface area (Å²) >= 11 is 0. The number of para-hydroxylation sites is 1. The van der Waals surface area contributed by atoms with E-state index in [2.05, 4.69) is 35.8 Å². The van der Waals surface area contributed by atoms with Gasteiger partial charge >= 0.3 is 6.09 Å². The van der Waals surface area contributed by atoms with Crippen LogP contribution in [0, 0.1) is 0 Å². The van der Waals surface area contributed by atoms with Crippen LogP contribution in [0.3, 0.4) is 0 Å². The monoisotopic (exact) mass is 588 g/mol. The Morgan fingerprint density at radius 1 is 0.818 bits per heavy atom. The fourth-order valence-corrected chi connectivity index (χ4v) is 6.61. The third-order valence-corrected chi connectivity index (χ3v) is 8.64. The van der Waals surface area contributed by atoms with E-state index in [1.807, 2.05) is 78.6 Å². The van der Waals surface area contributed by atoms with Gasteiger partial charge < -0.3 is 20.6 Å². The van der Waals surface area contributed by atoms with Gasteiger partial charge in [0.05, 0.1) is 6.04 Å². The van der Waals surface area contributed by atoms with Crippen LogP contribution in [0.1, 0.15) is 55.3 Å². The summed E-state index contributed by atoms with van der Waals surface area (Å²) in [5, 5.41) is 16.4. The first-order chi connectivity index (χ1) is 21.3. The number of anilines is 3. The van der Waals surface area contributed by atoms with Gasteiger partial charge in [0.15, 0.2) is 0 Å². The molecular weight excluding hydrogens is 552 g/mol. The Hall–Kier alpha value is -5.11. The largest absolute Gasteiger partial charge is 0.465 e. The molecule has 0 unspecified atom stereocenters. The molecule has 8 heteroatoms. The Bertz CT molecular complexity index is 1660. The first-order valence-electron chi connectivity index (χ1n) is 15.1. The molecule has 1 aliphatic carbocycles. The molecule has 0 saturated heterocycles. The van der Waals surface area contributed by atoms with Crippen LogP contribution in [0.15, 0.2) is 97.1 Å². The van der Waals surface area contributed by atoms with Crippen LogP contribution in [0.25, 0.3) is 11.1 Å². The Kier molecular flexibility index (Phi) is 8.07. The zero-order valence-electron chi connectivity index (χ0n) is 24.9. The normalized spacial score (nSPS) is 16.8. The van der Waals surface area contributed by atoms with Crippen LogP contribution < -0.4 is 15.5 Å². The second kappa shape index (κ2) is 12.2. The third-order valence-electron chi connectivity index (χ3n) is 8.64. The maximum Gasteiger partial charge on any atom is 0.407 e. The Balaban J connectivity index is 1.11. The highest BCUT2D eigenvalue weighted by molar-refractivity contribution is 5.95. The summed E-state index contributed by atoms with van der Waals surface area (Å²) in [6, 6.07) is 31.5. The summed E-state index contributed by atoms with van der Waals surface area (Å²) in [5.74, 6) is -0.428. The van der Waals surface area contributed by atoms with Crippen LogP contribution in [0.5, 0.6) is 0 Å². The van der Waals surface area contributed by atoms with Crippen molar-refractivity contribution in [2.45, 2.75) is 44.7 Å². The van der Waals surface area contributed by atoms with Crippen LogP contribution in [0.4, 0.5) is 21.9 Å². The van der Waals surface area contributed by atoms with E-state index in [4.69, 9.17) is 0 Å². The molecule has 0 radical (unpaired) electrons. The molecule has 4 aromatic rings. The van der Waals surface area contributed by atoms with Gasteiger partial charge in [-0.15, -0.1) is 0 Å². The van der Waals surface area contributed by atoms with Crippen LogP contribution >= 0.6 is 0 Å². The molecule has 0 aromatic heterocycles. The zero-order valence-corrected chi connectivity index (χ0v) is 24.9. The molecule has 44 heavy (non-hydrogen) atoms. The van der Waals surface area contributed by atoms with Gasteiger partial charge in [-0.2, -0.15) is 0 Å². The average molecular weight is 589 g/mol. The Labute approximate surface area is 257 Å². The molecule has 1 heterocycles. The number of benzene rings is 4. The number of hydrogen-bond donors (Lipinski definition) is 3. The molecular formula is C36H36N4O4. The number of carbonyl (C=O) groups excluding carboxylic acids is 2. The van der Waals surface area contributed by atoms with E-state index in [0.29, 0.717) is 12.1 Å². The molecule has 2 atom stereocenters. The molecule has 224 valence electrons. The lowest BCUT2D eigenvalue weighted by Gasteiger charge is -2.40. The van der Waals surface area contributed by atoms with Gasteiger partial charge in [0.1, 0.15) is 6.54 Å². The lowest BCUT2D eigenvalue weighted by atomic mass is 9.91. The molecule has 0 bridgehead atoms. The van der Waals surface area contributed by atoms with Crippen molar-refractivity contribution in [3.8, 4) is 11.1 Å². The summed E-state index contributed by atoms with van der Waals surface area (Å²) in [7, 11) is 0. The van der Waals surface area contributed by atoms with E-state index in [9.17, 15) is 19.5 Å². The molecule has 3 N–H and O–H groups in total. The third kappa shape index (κ3) is 5.63. The fraction of sp³-hybridized carbons (Fsp3) is 0.250. The quantitative estimate of drug-likeness (QED) is 0.204. The molecule has 1 aliphatic heterocycles. The van der Waals surface area contributed by atoms with Crippen molar-refractivity contribution in [1.29, 1.82) is 0 Å². The number of hydrogen-bond acceptors (Lipinski definition) is 4. The topological polar surface area (TPSA) is 102 Å². The number of rotatable bonds is 8. The molecule has 2 aliphatic rings. The lowest BCUT2D eigenvalue weighted by molar-refractivity contribution is -0.119. The fourth-order valence-electron chi connectivity index (χ4n) is 6.61. The highest BCUT2D eigenvalue weighted by Gasteiger charge is 2.33. The molecule has 0 saturated carbocycles. The van der Waals surface area contributed by atoms with Gasteiger partial charge in [0, 0.05) is 42.0 Å². The minimum atomic E-state index is -1.14. The minimum Gasteiger partial charge on any atom is -0.465 e. The number of amides is 3. The second-order valence-corrected chi connectivity index (χ2v) is 11.5. The highest BCUT2D eigenvalue weighted by Crippen LogP contribution is 2.45. The number of carbonyl (C=O) groups is 3. The summed E-state index contributed by atoms with van der Waals surface area (Å²) in [6.07, 6.45) is 0.0848. The number of fused-ring (bicyclic) bond motifs is 4. The maximum atomic E-state index is 13.0. The predicted octanol–water partition coefficient (Wildman–Crippen LogP) is 7.11. The van der Waals surface area contributed by atoms with Gasteiger partial charge in [-0.05, 0) is 71.5 Å². The summed E-state index contributed by atoms with van der Waals surface area (Å²) in [5.41, 5.74) is 7.84. The molecule has 4 aromatic carbocycles. The summed E-state index contributed by atoms with van der Waals surface area (Å²) < 4.78 is 0. The number of carboxylic acid groups (broad SMARTS) is 1.